The van der Waals surface area contributed by atoms with Gasteiger partial charge in [-0.2, -0.15) is 18.9 Å². The highest BCUT2D eigenvalue weighted by Crippen LogP contribution is 2.68. The number of rotatable bonds is 4. The molecule has 0 saturated heterocycles. The lowest BCUT2D eigenvalue weighted by Gasteiger charge is -2.49. The van der Waals surface area contributed by atoms with Crippen molar-refractivity contribution < 1.29 is 13.9 Å². The van der Waals surface area contributed by atoms with Crippen molar-refractivity contribution in [2.24, 2.45) is 0 Å². The molecule has 0 radical (unpaired) electrons. The molecule has 1 spiro atoms. The van der Waals surface area contributed by atoms with Crippen LogP contribution in [0.15, 0.2) is 206 Å². The molecule has 8 heterocycles. The van der Waals surface area contributed by atoms with Gasteiger partial charge in [0.1, 0.15) is 34.0 Å². The third-order valence-electron chi connectivity index (χ3n) is 16.7. The van der Waals surface area contributed by atoms with E-state index in [0.29, 0.717) is 0 Å². The Kier molecular flexibility index (Phi) is 7.11. The number of hydrogen-bond acceptors (Lipinski definition) is 3. The van der Waals surface area contributed by atoms with Crippen LogP contribution in [-0.4, -0.2) is 0 Å². The number of anilines is 6. The minimum atomic E-state index is -0.835. The van der Waals surface area contributed by atoms with E-state index in [4.69, 9.17) is 4.74 Å². The number of nitrogens with zero attached hydrogens (tertiary/aromatic N) is 4. The molecule has 0 fully saturated rings. The summed E-state index contributed by atoms with van der Waals surface area (Å²) in [6.07, 6.45) is 0. The van der Waals surface area contributed by atoms with Crippen LogP contribution >= 0.6 is 0 Å². The maximum absolute atomic E-state index is 7.37. The smallest absolute Gasteiger partial charge is 0.323 e. The molecule has 8 aromatic carbocycles. The summed E-state index contributed by atoms with van der Waals surface area (Å²) in [5.74, 6) is 4.05. The fourth-order valence-electron chi connectivity index (χ4n) is 13.5. The topological polar surface area (TPSA) is 23.5 Å². The second-order valence-corrected chi connectivity index (χ2v) is 20.9. The van der Waals surface area contributed by atoms with Gasteiger partial charge in [-0.05, 0) is 80.9 Å². The van der Waals surface area contributed by atoms with Crippen LogP contribution < -0.4 is 23.7 Å². The van der Waals surface area contributed by atoms with Gasteiger partial charge < -0.3 is 4.74 Å². The minimum absolute atomic E-state index is 0.299. The fraction of sp³-hybridized carbons (Fsp3) is 0.108. The van der Waals surface area contributed by atoms with Gasteiger partial charge in [-0.15, -0.1) is 0 Å². The number of para-hydroxylation sites is 2. The van der Waals surface area contributed by atoms with Crippen LogP contribution in [-0.2, 0) is 16.5 Å². The molecule has 0 saturated carbocycles. The SMILES string of the molecule is CC1(C)c2ccccc2N2c3c1ccc1c3C34c5c(ccc6c5N(c5ccccc5C6(C)C)c5cc(-c6ccc(-c7ccccc7)cc6)cc([n+]53)-c3cc(-c5ccc(-c6ccccc6)cc5)cc2[n+]34)O1. The van der Waals surface area contributed by atoms with E-state index in [1.807, 2.05) is 0 Å². The van der Waals surface area contributed by atoms with Gasteiger partial charge in [-0.25, -0.2) is 0 Å². The lowest BCUT2D eigenvalue weighted by Crippen LogP contribution is -2.76. The number of aromatic nitrogens is 2. The molecule has 10 aromatic rings. The maximum Gasteiger partial charge on any atom is 0.323 e. The van der Waals surface area contributed by atoms with Gasteiger partial charge in [0.2, 0.25) is 0 Å². The summed E-state index contributed by atoms with van der Waals surface area (Å²) in [6.45, 7) is 9.59. The Labute approximate surface area is 407 Å². The second-order valence-electron chi connectivity index (χ2n) is 20.9. The first-order chi connectivity index (χ1) is 34.2. The van der Waals surface area contributed by atoms with Crippen molar-refractivity contribution >= 4 is 34.4 Å². The average molecular weight is 899 g/mol. The molecule has 16 rings (SSSR count). The molecule has 0 atom stereocenters. The Balaban J connectivity index is 1.07. The number of ether oxygens (including phenoxy) is 1. The molecule has 70 heavy (non-hydrogen) atoms. The number of fused-ring (bicyclic) bond motifs is 7. The van der Waals surface area contributed by atoms with Crippen LogP contribution in [0.1, 0.15) is 61.1 Å². The zero-order valence-corrected chi connectivity index (χ0v) is 39.3. The maximum atomic E-state index is 7.37. The van der Waals surface area contributed by atoms with E-state index in [-0.39, 0.29) is 10.8 Å². The Morgan fingerprint density at radius 2 is 0.700 bits per heavy atom. The number of hydrogen-bond donors (Lipinski definition) is 0. The third kappa shape index (κ3) is 4.54. The molecule has 0 aliphatic carbocycles. The summed E-state index contributed by atoms with van der Waals surface area (Å²) >= 11 is 0. The van der Waals surface area contributed by atoms with Crippen molar-refractivity contribution in [1.29, 1.82) is 0 Å². The standard InChI is InChI=1S/C65H46N4O/c1-63(2)47-19-11-13-21-51(47)66-57-37-45(43-27-23-41(24-28-43)39-15-7-5-8-16-39)35-53-54-36-46(44-29-25-42(26-30-44)40-17-9-6-10-18-40)38-58-67-52-22-14-12-20-48(52)64(3,4)50-32-34-56-60(62(50)67)65(68(53)57,69(54)58)59-55(70-56)33-31-49(63)61(59)66/h5-38H,1-4H3/q+2. The van der Waals surface area contributed by atoms with Crippen LogP contribution in [0.3, 0.4) is 0 Å². The highest BCUT2D eigenvalue weighted by atomic mass is 16.5. The van der Waals surface area contributed by atoms with Crippen LogP contribution in [0.25, 0.3) is 55.9 Å². The zero-order chi connectivity index (χ0) is 46.4. The summed E-state index contributed by atoms with van der Waals surface area (Å²) in [5, 5.41) is 0. The minimum Gasteiger partial charge on any atom is -0.456 e. The molecule has 6 aliphatic heterocycles. The third-order valence-corrected chi connectivity index (χ3v) is 16.7. The van der Waals surface area contributed by atoms with Crippen LogP contribution in [0.2, 0.25) is 0 Å². The van der Waals surface area contributed by atoms with E-state index in [1.165, 1.54) is 101 Å². The Bertz CT molecular complexity index is 3710. The van der Waals surface area contributed by atoms with Crippen molar-refractivity contribution in [2.45, 2.75) is 44.2 Å². The lowest BCUT2D eigenvalue weighted by molar-refractivity contribution is -0.929. The zero-order valence-electron chi connectivity index (χ0n) is 39.3. The highest BCUT2D eigenvalue weighted by Gasteiger charge is 2.73. The second kappa shape index (κ2) is 13.0. The molecule has 5 heteroatoms. The van der Waals surface area contributed by atoms with Gasteiger partial charge in [-0.1, -0.05) is 185 Å². The first-order valence-corrected chi connectivity index (χ1v) is 24.6. The summed E-state index contributed by atoms with van der Waals surface area (Å²) in [5.41, 5.74) is 22.8. The molecule has 5 nitrogen and oxygen atoms in total. The Hall–Kier alpha value is -8.54. The van der Waals surface area contributed by atoms with E-state index >= 15 is 0 Å². The first-order valence-electron chi connectivity index (χ1n) is 24.6. The van der Waals surface area contributed by atoms with Gasteiger partial charge >= 0.3 is 5.66 Å². The number of pyridine rings is 2. The molecular weight excluding hydrogens is 853 g/mol. The molecule has 2 aromatic heterocycles. The monoisotopic (exact) mass is 898 g/mol. The van der Waals surface area contributed by atoms with Crippen molar-refractivity contribution in [3.8, 4) is 67.4 Å². The summed E-state index contributed by atoms with van der Waals surface area (Å²) < 4.78 is 12.8. The first kappa shape index (κ1) is 38.4. The Morgan fingerprint density at radius 3 is 1.11 bits per heavy atom. The molecule has 6 aliphatic rings. The van der Waals surface area contributed by atoms with Crippen molar-refractivity contribution in [2.75, 3.05) is 9.80 Å². The summed E-state index contributed by atoms with van der Waals surface area (Å²) in [6, 6.07) is 76.9. The predicted molar refractivity (Wildman–Crippen MR) is 279 cm³/mol. The van der Waals surface area contributed by atoms with Crippen LogP contribution in [0, 0.1) is 0 Å². The van der Waals surface area contributed by atoms with Gasteiger partial charge in [0.15, 0.2) is 22.8 Å². The van der Waals surface area contributed by atoms with Crippen LogP contribution in [0.4, 0.5) is 34.4 Å². The quantitative estimate of drug-likeness (QED) is 0.164. The fourth-order valence-corrected chi connectivity index (χ4v) is 13.5. The van der Waals surface area contributed by atoms with E-state index in [9.17, 15) is 0 Å². The van der Waals surface area contributed by atoms with Gasteiger partial charge in [0, 0.05) is 45.2 Å². The van der Waals surface area contributed by atoms with Gasteiger partial charge in [-0.3, -0.25) is 0 Å². The van der Waals surface area contributed by atoms with E-state index in [0.717, 1.165) is 34.5 Å². The number of benzene rings is 8. The Morgan fingerprint density at radius 1 is 0.343 bits per heavy atom. The van der Waals surface area contributed by atoms with E-state index in [2.05, 4.69) is 253 Å². The molecule has 0 bridgehead atoms. The highest BCUT2D eigenvalue weighted by molar-refractivity contribution is 5.96. The summed E-state index contributed by atoms with van der Waals surface area (Å²) in [7, 11) is 0. The predicted octanol–water partition coefficient (Wildman–Crippen LogP) is 15.2. The molecule has 0 unspecified atom stereocenters. The average Bonchev–Trinajstić information content (AvgIpc) is 3.70. The van der Waals surface area contributed by atoms with Gasteiger partial charge in [0.25, 0.3) is 11.6 Å². The van der Waals surface area contributed by atoms with Crippen LogP contribution in [0.5, 0.6) is 11.5 Å². The van der Waals surface area contributed by atoms with Crippen molar-refractivity contribution in [3.63, 3.8) is 0 Å². The lowest BCUT2D eigenvalue weighted by atomic mass is 9.67. The molecular formula is C65H46N4O+2. The van der Waals surface area contributed by atoms with Crippen molar-refractivity contribution in [1.82, 2.24) is 0 Å². The molecule has 330 valence electrons. The molecule has 0 amide bonds. The van der Waals surface area contributed by atoms with E-state index < -0.39 is 5.66 Å². The molecule has 0 N–H and O–H groups in total. The van der Waals surface area contributed by atoms with Gasteiger partial charge in [0.05, 0.1) is 0 Å². The van der Waals surface area contributed by atoms with Crippen molar-refractivity contribution in [3.05, 3.63) is 240 Å². The van der Waals surface area contributed by atoms with E-state index in [1.54, 1.807) is 0 Å². The largest absolute Gasteiger partial charge is 0.456 e. The summed E-state index contributed by atoms with van der Waals surface area (Å²) in [4.78, 5) is 5.16. The normalized spacial score (nSPS) is 16.1.